The number of hydrogen-bond donors (Lipinski definition) is 1. The lowest BCUT2D eigenvalue weighted by Gasteiger charge is -2.33. The minimum Gasteiger partial charge on any atom is -0.495 e. The number of fused-ring (bicyclic) bond motifs is 1. The molecule has 8 heteroatoms. The fourth-order valence-electron chi connectivity index (χ4n) is 4.14. The van der Waals surface area contributed by atoms with Gasteiger partial charge in [-0.3, -0.25) is 9.97 Å². The predicted molar refractivity (Wildman–Crippen MR) is 121 cm³/mol. The summed E-state index contributed by atoms with van der Waals surface area (Å²) in [7, 11) is 1.70. The van der Waals surface area contributed by atoms with Gasteiger partial charge in [0.1, 0.15) is 11.4 Å². The van der Waals surface area contributed by atoms with E-state index in [1.165, 1.54) is 0 Å². The summed E-state index contributed by atoms with van der Waals surface area (Å²) < 4.78 is 7.57. The van der Waals surface area contributed by atoms with Gasteiger partial charge < -0.3 is 15.4 Å². The molecule has 0 spiro atoms. The van der Waals surface area contributed by atoms with E-state index < -0.39 is 0 Å². The zero-order valence-electron chi connectivity index (χ0n) is 17.7. The van der Waals surface area contributed by atoms with Crippen LogP contribution in [0.15, 0.2) is 49.1 Å². The van der Waals surface area contributed by atoms with Crippen molar-refractivity contribution in [2.75, 3.05) is 25.1 Å². The topological polar surface area (TPSA) is 95.0 Å². The summed E-state index contributed by atoms with van der Waals surface area (Å²) in [5.41, 5.74) is 11.5. The monoisotopic (exact) mass is 415 g/mol. The molecule has 0 amide bonds. The fraction of sp³-hybridized carbons (Fsp3) is 0.304. The number of methoxy groups -OCH3 is 1. The molecular weight excluding hydrogens is 390 g/mol. The van der Waals surface area contributed by atoms with Crippen molar-refractivity contribution < 1.29 is 4.74 Å². The van der Waals surface area contributed by atoms with E-state index in [-0.39, 0.29) is 6.04 Å². The number of benzene rings is 1. The Morgan fingerprint density at radius 1 is 1.10 bits per heavy atom. The number of hydrogen-bond acceptors (Lipinski definition) is 7. The zero-order chi connectivity index (χ0) is 21.4. The summed E-state index contributed by atoms with van der Waals surface area (Å²) in [4.78, 5) is 15.7. The number of piperidine rings is 1. The first-order valence-electron chi connectivity index (χ1n) is 10.4. The van der Waals surface area contributed by atoms with Gasteiger partial charge in [-0.2, -0.15) is 5.10 Å². The maximum Gasteiger partial charge on any atom is 0.142 e. The van der Waals surface area contributed by atoms with Crippen molar-refractivity contribution >= 4 is 16.6 Å². The SMILES string of the molecule is COc1ccc(-n2ncc3cnc(-c4cncc(C)n4)cc32)cc1N1CCC[C@H](N)C1. The van der Waals surface area contributed by atoms with E-state index in [0.717, 1.165) is 71.0 Å². The highest BCUT2D eigenvalue weighted by atomic mass is 16.5. The molecule has 0 unspecified atom stereocenters. The number of aryl methyl sites for hydroxylation is 1. The summed E-state index contributed by atoms with van der Waals surface area (Å²) in [5.74, 6) is 0.840. The molecule has 1 fully saturated rings. The van der Waals surface area contributed by atoms with E-state index in [0.29, 0.717) is 0 Å². The Bertz CT molecular complexity index is 1240. The Labute approximate surface area is 180 Å². The summed E-state index contributed by atoms with van der Waals surface area (Å²) >= 11 is 0. The summed E-state index contributed by atoms with van der Waals surface area (Å²) in [5, 5.41) is 5.59. The van der Waals surface area contributed by atoms with Crippen LogP contribution in [0, 0.1) is 6.92 Å². The predicted octanol–water partition coefficient (Wildman–Crippen LogP) is 3.12. The Balaban J connectivity index is 1.59. The second-order valence-electron chi connectivity index (χ2n) is 7.93. The second kappa shape index (κ2) is 7.96. The van der Waals surface area contributed by atoms with Gasteiger partial charge in [0.15, 0.2) is 0 Å². The second-order valence-corrected chi connectivity index (χ2v) is 7.93. The van der Waals surface area contributed by atoms with Crippen molar-refractivity contribution in [1.82, 2.24) is 24.7 Å². The molecule has 0 aliphatic carbocycles. The highest BCUT2D eigenvalue weighted by Gasteiger charge is 2.21. The summed E-state index contributed by atoms with van der Waals surface area (Å²) in [6.07, 6.45) is 9.25. The first-order valence-corrected chi connectivity index (χ1v) is 10.4. The fourth-order valence-corrected chi connectivity index (χ4v) is 4.14. The van der Waals surface area contributed by atoms with Crippen LogP contribution in [0.25, 0.3) is 28.0 Å². The third kappa shape index (κ3) is 3.70. The molecule has 31 heavy (non-hydrogen) atoms. The standard InChI is InChI=1S/C23H25N7O/c1-15-10-25-13-20(28-15)19-9-21-16(11-26-19)12-27-30(21)18-5-6-23(31-2)22(8-18)29-7-3-4-17(24)14-29/h5-6,8-13,17H,3-4,7,14,24H2,1-2H3/t17-/m0/s1. The molecule has 2 N–H and O–H groups in total. The number of anilines is 1. The van der Waals surface area contributed by atoms with E-state index in [1.54, 1.807) is 19.5 Å². The molecule has 1 aromatic carbocycles. The van der Waals surface area contributed by atoms with Gasteiger partial charge in [-0.25, -0.2) is 9.67 Å². The Kier molecular flexibility index (Phi) is 4.99. The Hall–Kier alpha value is -3.52. The largest absolute Gasteiger partial charge is 0.495 e. The zero-order valence-corrected chi connectivity index (χ0v) is 17.7. The van der Waals surface area contributed by atoms with Crippen LogP contribution in [0.4, 0.5) is 5.69 Å². The normalized spacial score (nSPS) is 16.6. The van der Waals surface area contributed by atoms with Crippen molar-refractivity contribution in [3.05, 3.63) is 54.7 Å². The number of rotatable bonds is 4. The molecule has 0 bridgehead atoms. The number of nitrogens with two attached hydrogens (primary N) is 1. The average molecular weight is 416 g/mol. The van der Waals surface area contributed by atoms with Crippen LogP contribution < -0.4 is 15.4 Å². The van der Waals surface area contributed by atoms with Gasteiger partial charge in [0.25, 0.3) is 0 Å². The molecule has 3 aromatic heterocycles. The van der Waals surface area contributed by atoms with Gasteiger partial charge in [-0.05, 0) is 44.0 Å². The Morgan fingerprint density at radius 2 is 2.00 bits per heavy atom. The third-order valence-electron chi connectivity index (χ3n) is 5.68. The molecule has 1 saturated heterocycles. The molecule has 8 nitrogen and oxygen atoms in total. The molecule has 158 valence electrons. The quantitative estimate of drug-likeness (QED) is 0.547. The van der Waals surface area contributed by atoms with Gasteiger partial charge in [-0.1, -0.05) is 0 Å². The molecule has 1 aliphatic rings. The van der Waals surface area contributed by atoms with E-state index in [1.807, 2.05) is 42.2 Å². The first-order chi connectivity index (χ1) is 15.1. The smallest absolute Gasteiger partial charge is 0.142 e. The van der Waals surface area contributed by atoms with Crippen molar-refractivity contribution in [2.45, 2.75) is 25.8 Å². The number of nitrogens with zero attached hydrogens (tertiary/aromatic N) is 6. The molecular formula is C23H25N7O. The van der Waals surface area contributed by atoms with Crippen LogP contribution in [-0.2, 0) is 0 Å². The average Bonchev–Trinajstić information content (AvgIpc) is 3.22. The molecule has 0 saturated carbocycles. The lowest BCUT2D eigenvalue weighted by Crippen LogP contribution is -2.43. The minimum atomic E-state index is 0.178. The highest BCUT2D eigenvalue weighted by Crippen LogP contribution is 2.33. The Morgan fingerprint density at radius 3 is 2.81 bits per heavy atom. The molecule has 5 rings (SSSR count). The molecule has 1 atom stereocenters. The van der Waals surface area contributed by atoms with Crippen LogP contribution in [0.3, 0.4) is 0 Å². The van der Waals surface area contributed by atoms with Gasteiger partial charge in [0.2, 0.25) is 0 Å². The van der Waals surface area contributed by atoms with E-state index in [2.05, 4.69) is 31.0 Å². The van der Waals surface area contributed by atoms with Crippen LogP contribution in [0.1, 0.15) is 18.5 Å². The summed E-state index contributed by atoms with van der Waals surface area (Å²) in [6, 6.07) is 8.32. The first kappa shape index (κ1) is 19.4. The van der Waals surface area contributed by atoms with Crippen LogP contribution in [-0.4, -0.2) is 51.0 Å². The van der Waals surface area contributed by atoms with E-state index in [9.17, 15) is 0 Å². The molecule has 4 aromatic rings. The molecule has 0 radical (unpaired) electrons. The van der Waals surface area contributed by atoms with Crippen LogP contribution >= 0.6 is 0 Å². The van der Waals surface area contributed by atoms with Crippen molar-refractivity contribution in [1.29, 1.82) is 0 Å². The maximum absolute atomic E-state index is 6.23. The van der Waals surface area contributed by atoms with Gasteiger partial charge >= 0.3 is 0 Å². The van der Waals surface area contributed by atoms with E-state index in [4.69, 9.17) is 10.5 Å². The van der Waals surface area contributed by atoms with Gasteiger partial charge in [-0.15, -0.1) is 0 Å². The van der Waals surface area contributed by atoms with E-state index >= 15 is 0 Å². The van der Waals surface area contributed by atoms with Crippen molar-refractivity contribution in [2.24, 2.45) is 5.73 Å². The lowest BCUT2D eigenvalue weighted by molar-refractivity contribution is 0.410. The third-order valence-corrected chi connectivity index (χ3v) is 5.68. The number of pyridine rings is 1. The lowest BCUT2D eigenvalue weighted by atomic mass is 10.1. The maximum atomic E-state index is 6.23. The molecule has 1 aliphatic heterocycles. The number of aromatic nitrogens is 5. The summed E-state index contributed by atoms with van der Waals surface area (Å²) in [6.45, 7) is 3.71. The highest BCUT2D eigenvalue weighted by molar-refractivity contribution is 5.83. The van der Waals surface area contributed by atoms with Crippen molar-refractivity contribution in [3.63, 3.8) is 0 Å². The minimum absolute atomic E-state index is 0.178. The molecule has 4 heterocycles. The van der Waals surface area contributed by atoms with Crippen LogP contribution in [0.2, 0.25) is 0 Å². The van der Waals surface area contributed by atoms with Gasteiger partial charge in [0.05, 0.1) is 47.8 Å². The van der Waals surface area contributed by atoms with Crippen LogP contribution in [0.5, 0.6) is 5.75 Å². The van der Waals surface area contributed by atoms with Crippen molar-refractivity contribution in [3.8, 4) is 22.8 Å². The van der Waals surface area contributed by atoms with Gasteiger partial charge in [0, 0.05) is 36.9 Å². The number of ether oxygens (including phenoxy) is 1.